The van der Waals surface area contributed by atoms with Crippen LogP contribution in [-0.4, -0.2) is 29.5 Å². The number of phenolic OH excluding ortho intramolecular Hbond substituents is 3. The number of hydrogen-bond donors (Lipinski definition) is 3. The van der Waals surface area contributed by atoms with Crippen LogP contribution in [0.25, 0.3) is 12.2 Å². The first kappa shape index (κ1) is 15.6. The van der Waals surface area contributed by atoms with Crippen molar-refractivity contribution >= 4 is 12.2 Å². The van der Waals surface area contributed by atoms with Crippen LogP contribution in [0.5, 0.6) is 17.2 Å². The molecule has 2 aromatic rings. The van der Waals surface area contributed by atoms with Crippen molar-refractivity contribution in [1.82, 2.24) is 0 Å². The molecule has 0 spiro atoms. The van der Waals surface area contributed by atoms with Crippen molar-refractivity contribution in [3.05, 3.63) is 53.6 Å². The number of phenols is 3. The molecular weight excluding hydrogens is 256 g/mol. The Hall–Kier alpha value is -2.46. The molecule has 4 heteroatoms. The molecule has 0 heterocycles. The van der Waals surface area contributed by atoms with Crippen molar-refractivity contribution < 1.29 is 20.1 Å². The molecule has 0 aromatic heterocycles. The maximum absolute atomic E-state index is 9.30. The lowest BCUT2D eigenvalue weighted by atomic mass is 10.1. The van der Waals surface area contributed by atoms with E-state index in [1.54, 1.807) is 56.7 Å². The van der Waals surface area contributed by atoms with E-state index < -0.39 is 0 Å². The van der Waals surface area contributed by atoms with Gasteiger partial charge in [0.1, 0.15) is 17.2 Å². The third kappa shape index (κ3) is 5.46. The van der Waals surface area contributed by atoms with Crippen molar-refractivity contribution in [2.24, 2.45) is 0 Å². The lowest BCUT2D eigenvalue weighted by Gasteiger charge is -1.98. The van der Waals surface area contributed by atoms with E-state index in [0.717, 1.165) is 5.56 Å². The zero-order chi connectivity index (χ0) is 15.0. The molecule has 0 unspecified atom stereocenters. The molecule has 4 nitrogen and oxygen atoms in total. The summed E-state index contributed by atoms with van der Waals surface area (Å²) in [5, 5.41) is 27.7. The molecule has 0 aliphatic carbocycles. The number of aromatic hydroxyl groups is 3. The van der Waals surface area contributed by atoms with E-state index in [0.29, 0.717) is 5.56 Å². The van der Waals surface area contributed by atoms with Crippen LogP contribution in [0.2, 0.25) is 0 Å². The number of rotatable bonds is 2. The molecule has 0 fully saturated rings. The minimum absolute atomic E-state index is 0.0235. The van der Waals surface area contributed by atoms with Gasteiger partial charge in [0.2, 0.25) is 0 Å². The van der Waals surface area contributed by atoms with Gasteiger partial charge in [0, 0.05) is 20.3 Å². The average Bonchev–Trinajstić information content (AvgIpc) is 2.38. The molecule has 0 bridgehead atoms. The zero-order valence-corrected chi connectivity index (χ0v) is 11.4. The fourth-order valence-corrected chi connectivity index (χ4v) is 1.49. The molecule has 2 aromatic carbocycles. The molecule has 0 atom stereocenters. The summed E-state index contributed by atoms with van der Waals surface area (Å²) in [5.74, 6) is 0.267. The summed E-state index contributed by atoms with van der Waals surface area (Å²) < 4.78 is 4.25. The Kier molecular flexibility index (Phi) is 6.13. The van der Waals surface area contributed by atoms with Crippen LogP contribution in [0.4, 0.5) is 0 Å². The summed E-state index contributed by atoms with van der Waals surface area (Å²) in [5.41, 5.74) is 1.63. The molecule has 106 valence electrons. The second-order valence-electron chi connectivity index (χ2n) is 4.12. The molecule has 20 heavy (non-hydrogen) atoms. The van der Waals surface area contributed by atoms with Gasteiger partial charge in [-0.15, -0.1) is 0 Å². The fourth-order valence-electron chi connectivity index (χ4n) is 1.49. The largest absolute Gasteiger partial charge is 0.508 e. The van der Waals surface area contributed by atoms with Crippen molar-refractivity contribution in [2.75, 3.05) is 14.2 Å². The SMILES string of the molecule is COC.Oc1ccc(C=Cc2cc(O)cc(O)c2)cc1. The summed E-state index contributed by atoms with van der Waals surface area (Å²) in [6.07, 6.45) is 3.60. The van der Waals surface area contributed by atoms with Crippen LogP contribution in [0, 0.1) is 0 Å². The topological polar surface area (TPSA) is 69.9 Å². The van der Waals surface area contributed by atoms with Crippen molar-refractivity contribution in [1.29, 1.82) is 0 Å². The van der Waals surface area contributed by atoms with Gasteiger partial charge in [-0.2, -0.15) is 0 Å². The molecule has 3 N–H and O–H groups in total. The minimum atomic E-state index is 0.0235. The van der Waals surface area contributed by atoms with Gasteiger partial charge in [0.15, 0.2) is 0 Å². The molecule has 0 radical (unpaired) electrons. The summed E-state index contributed by atoms with van der Waals surface area (Å²) >= 11 is 0. The minimum Gasteiger partial charge on any atom is -0.508 e. The number of methoxy groups -OCH3 is 1. The summed E-state index contributed by atoms with van der Waals surface area (Å²) in [7, 11) is 3.25. The number of benzene rings is 2. The van der Waals surface area contributed by atoms with Crippen LogP contribution in [0.15, 0.2) is 42.5 Å². The monoisotopic (exact) mass is 274 g/mol. The highest BCUT2D eigenvalue weighted by atomic mass is 16.4. The maximum Gasteiger partial charge on any atom is 0.119 e. The molecule has 2 rings (SSSR count). The van der Waals surface area contributed by atoms with Gasteiger partial charge in [0.25, 0.3) is 0 Å². The Bertz CT molecular complexity index is 539. The highest BCUT2D eigenvalue weighted by Gasteiger charge is 1.95. The van der Waals surface area contributed by atoms with E-state index in [1.807, 2.05) is 6.08 Å². The highest BCUT2D eigenvalue weighted by Crippen LogP contribution is 2.22. The van der Waals surface area contributed by atoms with Crippen LogP contribution < -0.4 is 0 Å². The van der Waals surface area contributed by atoms with Crippen molar-refractivity contribution in [2.45, 2.75) is 0 Å². The molecular formula is C16H18O4. The van der Waals surface area contributed by atoms with E-state index in [9.17, 15) is 10.2 Å². The van der Waals surface area contributed by atoms with Gasteiger partial charge < -0.3 is 20.1 Å². The second kappa shape index (κ2) is 7.86. The lowest BCUT2D eigenvalue weighted by molar-refractivity contribution is 0.277. The van der Waals surface area contributed by atoms with E-state index >= 15 is 0 Å². The molecule has 0 saturated carbocycles. The molecule has 0 saturated heterocycles. The first-order valence-corrected chi connectivity index (χ1v) is 5.95. The Morgan fingerprint density at radius 3 is 1.65 bits per heavy atom. The lowest BCUT2D eigenvalue weighted by Crippen LogP contribution is -1.74. The third-order valence-electron chi connectivity index (χ3n) is 2.29. The molecule has 0 aliphatic rings. The normalized spacial score (nSPS) is 10.1. The van der Waals surface area contributed by atoms with E-state index in [4.69, 9.17) is 5.11 Å². The smallest absolute Gasteiger partial charge is 0.119 e. The maximum atomic E-state index is 9.30. The van der Waals surface area contributed by atoms with Crippen LogP contribution in [0.1, 0.15) is 11.1 Å². The van der Waals surface area contributed by atoms with Gasteiger partial charge in [-0.3, -0.25) is 0 Å². The van der Waals surface area contributed by atoms with Crippen molar-refractivity contribution in [3.8, 4) is 17.2 Å². The van der Waals surface area contributed by atoms with Gasteiger partial charge in [-0.1, -0.05) is 24.3 Å². The van der Waals surface area contributed by atoms with Gasteiger partial charge in [0.05, 0.1) is 0 Å². The Balaban J connectivity index is 0.000000612. The Morgan fingerprint density at radius 2 is 1.15 bits per heavy atom. The van der Waals surface area contributed by atoms with Crippen LogP contribution in [-0.2, 0) is 4.74 Å². The predicted molar refractivity (Wildman–Crippen MR) is 79.7 cm³/mol. The first-order chi connectivity index (χ1) is 9.55. The Morgan fingerprint density at radius 1 is 0.700 bits per heavy atom. The molecule has 0 amide bonds. The van der Waals surface area contributed by atoms with Gasteiger partial charge >= 0.3 is 0 Å². The number of ether oxygens (including phenoxy) is 1. The summed E-state index contributed by atoms with van der Waals surface area (Å²) in [6.45, 7) is 0. The fraction of sp³-hybridized carbons (Fsp3) is 0.125. The summed E-state index contributed by atoms with van der Waals surface area (Å²) in [6, 6.07) is 11.1. The second-order valence-corrected chi connectivity index (χ2v) is 4.12. The average molecular weight is 274 g/mol. The van der Waals surface area contributed by atoms with E-state index in [-0.39, 0.29) is 17.2 Å². The summed E-state index contributed by atoms with van der Waals surface area (Å²) in [4.78, 5) is 0. The van der Waals surface area contributed by atoms with Crippen LogP contribution in [0.3, 0.4) is 0 Å². The quantitative estimate of drug-likeness (QED) is 0.735. The Labute approximate surface area is 118 Å². The van der Waals surface area contributed by atoms with Gasteiger partial charge in [-0.25, -0.2) is 0 Å². The van der Waals surface area contributed by atoms with Gasteiger partial charge in [-0.05, 0) is 35.4 Å². The standard InChI is InChI=1S/C14H12O3.C2H6O/c15-12-5-3-10(4-6-12)1-2-11-7-13(16)9-14(17)8-11;1-3-2/h1-9,15-17H;1-2H3. The van der Waals surface area contributed by atoms with E-state index in [2.05, 4.69) is 4.74 Å². The highest BCUT2D eigenvalue weighted by molar-refractivity contribution is 5.71. The zero-order valence-electron chi connectivity index (χ0n) is 11.4. The van der Waals surface area contributed by atoms with E-state index in [1.165, 1.54) is 6.07 Å². The van der Waals surface area contributed by atoms with Crippen molar-refractivity contribution in [3.63, 3.8) is 0 Å². The molecule has 0 aliphatic heterocycles. The van der Waals surface area contributed by atoms with Crippen LogP contribution >= 0.6 is 0 Å². The first-order valence-electron chi connectivity index (χ1n) is 5.95. The third-order valence-corrected chi connectivity index (χ3v) is 2.29. The predicted octanol–water partition coefficient (Wildman–Crippen LogP) is 3.24. The number of hydrogen-bond acceptors (Lipinski definition) is 4.